The molecule has 0 saturated carbocycles. The molecular weight excluding hydrogens is 186 g/mol. The van der Waals surface area contributed by atoms with Gasteiger partial charge >= 0.3 is 0 Å². The maximum absolute atomic E-state index is 11.8. The Balaban J connectivity index is 2.65. The predicted molar refractivity (Wildman–Crippen MR) is 62.7 cm³/mol. The number of ketones is 1. The Morgan fingerprint density at radius 1 is 1.47 bits per heavy atom. The molecule has 2 heteroatoms. The van der Waals surface area contributed by atoms with Crippen molar-refractivity contribution < 1.29 is 4.79 Å². The van der Waals surface area contributed by atoms with Crippen molar-refractivity contribution in [1.82, 2.24) is 0 Å². The average molecular weight is 205 g/mol. The van der Waals surface area contributed by atoms with E-state index in [0.29, 0.717) is 13.0 Å². The van der Waals surface area contributed by atoms with Crippen molar-refractivity contribution in [1.29, 1.82) is 0 Å². The maximum atomic E-state index is 11.8. The molecule has 0 spiro atoms. The van der Waals surface area contributed by atoms with Gasteiger partial charge in [0.2, 0.25) is 0 Å². The smallest absolute Gasteiger partial charge is 0.141 e. The van der Waals surface area contributed by atoms with Gasteiger partial charge in [0.15, 0.2) is 0 Å². The lowest BCUT2D eigenvalue weighted by Crippen LogP contribution is -2.24. The molecule has 1 unspecified atom stereocenters. The number of rotatable bonds is 5. The van der Waals surface area contributed by atoms with Gasteiger partial charge < -0.3 is 5.73 Å². The summed E-state index contributed by atoms with van der Waals surface area (Å²) < 4.78 is 0. The van der Waals surface area contributed by atoms with Gasteiger partial charge in [-0.2, -0.15) is 0 Å². The largest absolute Gasteiger partial charge is 0.330 e. The Kier molecular flexibility index (Phi) is 4.50. The minimum atomic E-state index is 0.0190. The third kappa shape index (κ3) is 3.48. The number of carbonyl (C=O) groups is 1. The predicted octanol–water partition coefficient (Wildman–Crippen LogP) is 2.09. The first-order valence-electron chi connectivity index (χ1n) is 5.45. The molecular formula is C13H19NO. The van der Waals surface area contributed by atoms with Gasteiger partial charge in [0.25, 0.3) is 0 Å². The lowest BCUT2D eigenvalue weighted by molar-refractivity contribution is -0.122. The van der Waals surface area contributed by atoms with E-state index in [1.807, 2.05) is 32.0 Å². The fourth-order valence-electron chi connectivity index (χ4n) is 1.69. The highest BCUT2D eigenvalue weighted by molar-refractivity contribution is 5.83. The molecule has 2 nitrogen and oxygen atoms in total. The topological polar surface area (TPSA) is 43.1 Å². The monoisotopic (exact) mass is 205 g/mol. The summed E-state index contributed by atoms with van der Waals surface area (Å²) in [5, 5.41) is 0. The summed E-state index contributed by atoms with van der Waals surface area (Å²) in [6.07, 6.45) is 1.35. The third-order valence-electron chi connectivity index (χ3n) is 2.69. The number of hydrogen-bond donors (Lipinski definition) is 1. The summed E-state index contributed by atoms with van der Waals surface area (Å²) >= 11 is 0. The van der Waals surface area contributed by atoms with Crippen LogP contribution in [0.2, 0.25) is 0 Å². The van der Waals surface area contributed by atoms with E-state index in [-0.39, 0.29) is 11.7 Å². The number of hydrogen-bond acceptors (Lipinski definition) is 2. The fraction of sp³-hybridized carbons (Fsp3) is 0.462. The molecule has 0 fully saturated rings. The van der Waals surface area contributed by atoms with Crippen LogP contribution < -0.4 is 5.73 Å². The second-order valence-electron chi connectivity index (χ2n) is 3.97. The summed E-state index contributed by atoms with van der Waals surface area (Å²) in [6.45, 7) is 4.50. The summed E-state index contributed by atoms with van der Waals surface area (Å²) in [4.78, 5) is 11.8. The van der Waals surface area contributed by atoms with Crippen molar-refractivity contribution in [2.45, 2.75) is 26.7 Å². The van der Waals surface area contributed by atoms with E-state index >= 15 is 0 Å². The van der Waals surface area contributed by atoms with Crippen LogP contribution in [0, 0.1) is 12.8 Å². The first kappa shape index (κ1) is 11.9. The third-order valence-corrected chi connectivity index (χ3v) is 2.69. The van der Waals surface area contributed by atoms with E-state index in [0.717, 1.165) is 12.0 Å². The van der Waals surface area contributed by atoms with Gasteiger partial charge in [-0.25, -0.2) is 0 Å². The SMILES string of the molecule is CCC(CN)C(=O)Cc1cccc(C)c1. The van der Waals surface area contributed by atoms with Crippen LogP contribution in [0.25, 0.3) is 0 Å². The van der Waals surface area contributed by atoms with Crippen LogP contribution in [0.1, 0.15) is 24.5 Å². The van der Waals surface area contributed by atoms with Gasteiger partial charge in [-0.15, -0.1) is 0 Å². The van der Waals surface area contributed by atoms with Crippen LogP contribution in [0.4, 0.5) is 0 Å². The molecule has 0 amide bonds. The zero-order valence-electron chi connectivity index (χ0n) is 9.49. The van der Waals surface area contributed by atoms with Crippen LogP contribution in [0.3, 0.4) is 0 Å². The molecule has 15 heavy (non-hydrogen) atoms. The fourth-order valence-corrected chi connectivity index (χ4v) is 1.69. The molecule has 2 N–H and O–H groups in total. The molecule has 0 bridgehead atoms. The molecule has 1 aromatic rings. The highest BCUT2D eigenvalue weighted by Crippen LogP contribution is 2.10. The van der Waals surface area contributed by atoms with E-state index in [4.69, 9.17) is 5.73 Å². The van der Waals surface area contributed by atoms with Crippen LogP contribution in [-0.2, 0) is 11.2 Å². The van der Waals surface area contributed by atoms with E-state index in [1.54, 1.807) is 0 Å². The Bertz CT molecular complexity index is 329. The molecule has 0 aromatic heterocycles. The van der Waals surface area contributed by atoms with E-state index in [9.17, 15) is 4.79 Å². The Hall–Kier alpha value is -1.15. The van der Waals surface area contributed by atoms with E-state index < -0.39 is 0 Å². The summed E-state index contributed by atoms with van der Waals surface area (Å²) in [7, 11) is 0. The van der Waals surface area contributed by atoms with Crippen molar-refractivity contribution in [3.8, 4) is 0 Å². The van der Waals surface area contributed by atoms with Crippen molar-refractivity contribution in [3.05, 3.63) is 35.4 Å². The van der Waals surface area contributed by atoms with Crippen LogP contribution in [0.15, 0.2) is 24.3 Å². The highest BCUT2D eigenvalue weighted by Gasteiger charge is 2.14. The number of nitrogens with two attached hydrogens (primary N) is 1. The highest BCUT2D eigenvalue weighted by atomic mass is 16.1. The molecule has 0 saturated heterocycles. The molecule has 82 valence electrons. The first-order valence-corrected chi connectivity index (χ1v) is 5.45. The van der Waals surface area contributed by atoms with Crippen LogP contribution in [0.5, 0.6) is 0 Å². The van der Waals surface area contributed by atoms with E-state index in [1.165, 1.54) is 5.56 Å². The minimum absolute atomic E-state index is 0.0190. The Morgan fingerprint density at radius 3 is 2.73 bits per heavy atom. The van der Waals surface area contributed by atoms with Crippen molar-refractivity contribution in [2.24, 2.45) is 11.7 Å². The second kappa shape index (κ2) is 5.66. The minimum Gasteiger partial charge on any atom is -0.330 e. The van der Waals surface area contributed by atoms with Gasteiger partial charge in [0.1, 0.15) is 5.78 Å². The maximum Gasteiger partial charge on any atom is 0.141 e. The molecule has 0 aliphatic rings. The first-order chi connectivity index (χ1) is 7.17. The van der Waals surface area contributed by atoms with Crippen LogP contribution >= 0.6 is 0 Å². The van der Waals surface area contributed by atoms with Gasteiger partial charge in [-0.1, -0.05) is 36.8 Å². The lowest BCUT2D eigenvalue weighted by atomic mass is 9.95. The number of carbonyl (C=O) groups excluding carboxylic acids is 1. The van der Waals surface area contributed by atoms with Gasteiger partial charge in [-0.05, 0) is 18.9 Å². The molecule has 0 radical (unpaired) electrons. The summed E-state index contributed by atoms with van der Waals surface area (Å²) in [5.74, 6) is 0.274. The number of benzene rings is 1. The Labute approximate surface area is 91.5 Å². The van der Waals surface area contributed by atoms with Crippen molar-refractivity contribution >= 4 is 5.78 Å². The Morgan fingerprint density at radius 2 is 2.20 bits per heavy atom. The number of Topliss-reactive ketones (excluding diaryl/α,β-unsaturated/α-hetero) is 1. The molecule has 0 heterocycles. The van der Waals surface area contributed by atoms with Gasteiger partial charge in [0, 0.05) is 18.9 Å². The number of aryl methyl sites for hydroxylation is 1. The van der Waals surface area contributed by atoms with Crippen molar-refractivity contribution in [3.63, 3.8) is 0 Å². The lowest BCUT2D eigenvalue weighted by Gasteiger charge is -2.10. The summed E-state index contributed by atoms with van der Waals surface area (Å²) in [5.41, 5.74) is 7.83. The van der Waals surface area contributed by atoms with Crippen molar-refractivity contribution in [2.75, 3.05) is 6.54 Å². The molecule has 0 aliphatic carbocycles. The quantitative estimate of drug-likeness (QED) is 0.800. The average Bonchev–Trinajstić information content (AvgIpc) is 2.19. The van der Waals surface area contributed by atoms with Gasteiger partial charge in [0.05, 0.1) is 0 Å². The zero-order chi connectivity index (χ0) is 11.3. The van der Waals surface area contributed by atoms with Crippen LogP contribution in [-0.4, -0.2) is 12.3 Å². The molecule has 1 rings (SSSR count). The normalized spacial score (nSPS) is 12.5. The standard InChI is InChI=1S/C13H19NO/c1-3-12(9-14)13(15)8-11-6-4-5-10(2)7-11/h4-7,12H,3,8-9,14H2,1-2H3. The molecule has 0 aliphatic heterocycles. The molecule has 1 aromatic carbocycles. The zero-order valence-corrected chi connectivity index (χ0v) is 9.49. The van der Waals surface area contributed by atoms with Gasteiger partial charge in [-0.3, -0.25) is 4.79 Å². The molecule has 1 atom stereocenters. The van der Waals surface area contributed by atoms with E-state index in [2.05, 4.69) is 6.07 Å². The second-order valence-corrected chi connectivity index (χ2v) is 3.97. The summed E-state index contributed by atoms with van der Waals surface area (Å²) in [6, 6.07) is 8.07.